The number of carbonyl (C=O) groups is 2. The second-order valence-corrected chi connectivity index (χ2v) is 8.86. The number of hydrogen-bond acceptors (Lipinski definition) is 5. The minimum atomic E-state index is -0.860. The normalized spacial score (nSPS) is 27.9. The van der Waals surface area contributed by atoms with E-state index in [9.17, 15) is 9.59 Å². The Kier molecular flexibility index (Phi) is 3.94. The molecule has 0 aliphatic carbocycles. The number of carbonyl (C=O) groups excluding carboxylic acids is 2. The lowest BCUT2D eigenvalue weighted by Crippen LogP contribution is -2.64. The molecule has 3 unspecified atom stereocenters. The van der Waals surface area contributed by atoms with Crippen LogP contribution in [0.4, 0.5) is 0 Å². The highest BCUT2D eigenvalue weighted by Crippen LogP contribution is 2.49. The Bertz CT molecular complexity index is 953. The fraction of sp³-hybridized carbons (Fsp3) is 0.450. The van der Waals surface area contributed by atoms with E-state index >= 15 is 0 Å². The first-order valence-electron chi connectivity index (χ1n) is 9.54. The van der Waals surface area contributed by atoms with Crippen LogP contribution in [0.5, 0.6) is 5.75 Å². The van der Waals surface area contributed by atoms with Gasteiger partial charge < -0.3 is 19.9 Å². The molecule has 0 saturated carbocycles. The Hall–Kier alpha value is -2.48. The Labute approximate surface area is 167 Å². The Morgan fingerprint density at radius 2 is 2.25 bits per heavy atom. The van der Waals surface area contributed by atoms with Crippen molar-refractivity contribution >= 4 is 23.6 Å². The number of hydrogen-bond donors (Lipinski definition) is 1. The summed E-state index contributed by atoms with van der Waals surface area (Å²) in [6, 6.07) is 7.61. The van der Waals surface area contributed by atoms with Crippen LogP contribution in [0, 0.1) is 5.92 Å². The van der Waals surface area contributed by atoms with Gasteiger partial charge in [0, 0.05) is 43.8 Å². The molecule has 1 aromatic carbocycles. The number of benzene rings is 1. The molecule has 2 amide bonds. The molecule has 2 aromatic rings. The van der Waals surface area contributed by atoms with Crippen LogP contribution in [0.3, 0.4) is 0 Å². The third kappa shape index (κ3) is 2.62. The zero-order valence-corrected chi connectivity index (χ0v) is 16.4. The molecule has 7 nitrogen and oxygen atoms in total. The number of piperidine rings is 1. The number of imidazole rings is 1. The molecule has 3 atom stereocenters. The molecule has 5 rings (SSSR count). The van der Waals surface area contributed by atoms with E-state index in [2.05, 4.69) is 15.7 Å². The number of primary amides is 1. The number of aromatic nitrogens is 2. The lowest BCUT2D eigenvalue weighted by molar-refractivity contribution is -0.175. The van der Waals surface area contributed by atoms with E-state index in [0.29, 0.717) is 19.4 Å². The average molecular weight is 398 g/mol. The highest BCUT2D eigenvalue weighted by molar-refractivity contribution is 7.99. The van der Waals surface area contributed by atoms with Crippen LogP contribution in [0.25, 0.3) is 0 Å². The van der Waals surface area contributed by atoms with Crippen molar-refractivity contribution in [3.63, 3.8) is 0 Å². The summed E-state index contributed by atoms with van der Waals surface area (Å²) in [5, 5.41) is 1.03. The highest BCUT2D eigenvalue weighted by atomic mass is 32.2. The molecule has 8 heteroatoms. The van der Waals surface area contributed by atoms with Crippen LogP contribution in [0.2, 0.25) is 0 Å². The largest absolute Gasteiger partial charge is 0.468 e. The molecular formula is C20H22N4O3S. The molecule has 0 radical (unpaired) electrons. The van der Waals surface area contributed by atoms with Gasteiger partial charge in [-0.3, -0.25) is 9.59 Å². The predicted molar refractivity (Wildman–Crippen MR) is 104 cm³/mol. The summed E-state index contributed by atoms with van der Waals surface area (Å²) in [6.45, 7) is 3.34. The number of likely N-dealkylation sites (tertiary alicyclic amines) is 1. The van der Waals surface area contributed by atoms with E-state index in [1.807, 2.05) is 31.2 Å². The van der Waals surface area contributed by atoms with Crippen molar-refractivity contribution in [1.82, 2.24) is 14.5 Å². The third-order valence-corrected chi connectivity index (χ3v) is 6.97. The van der Waals surface area contributed by atoms with Crippen molar-refractivity contribution in [2.45, 2.75) is 43.1 Å². The minimum Gasteiger partial charge on any atom is -0.468 e. The van der Waals surface area contributed by atoms with Gasteiger partial charge in [-0.25, -0.2) is 4.98 Å². The van der Waals surface area contributed by atoms with Gasteiger partial charge in [0.15, 0.2) is 10.9 Å². The maximum atomic E-state index is 13.3. The molecule has 28 heavy (non-hydrogen) atoms. The van der Waals surface area contributed by atoms with Crippen LogP contribution in [0.1, 0.15) is 30.5 Å². The number of amides is 2. The molecule has 1 fully saturated rings. The quantitative estimate of drug-likeness (QED) is 0.793. The van der Waals surface area contributed by atoms with Crippen LogP contribution < -0.4 is 10.5 Å². The molecule has 146 valence electrons. The molecule has 1 saturated heterocycles. The second-order valence-electron chi connectivity index (χ2n) is 7.80. The van der Waals surface area contributed by atoms with Gasteiger partial charge in [0.05, 0.1) is 5.69 Å². The number of para-hydroxylation sites is 1. The number of aryl methyl sites for hydroxylation is 1. The van der Waals surface area contributed by atoms with Gasteiger partial charge in [-0.15, -0.1) is 0 Å². The third-order valence-electron chi connectivity index (χ3n) is 6.00. The van der Waals surface area contributed by atoms with Crippen molar-refractivity contribution in [2.24, 2.45) is 11.7 Å². The first kappa shape index (κ1) is 17.6. The maximum Gasteiger partial charge on any atom is 0.238 e. The molecule has 3 aliphatic heterocycles. The van der Waals surface area contributed by atoms with Crippen molar-refractivity contribution in [3.05, 3.63) is 41.7 Å². The zero-order valence-electron chi connectivity index (χ0n) is 15.6. The van der Waals surface area contributed by atoms with Gasteiger partial charge in [-0.05, 0) is 18.6 Å². The summed E-state index contributed by atoms with van der Waals surface area (Å²) in [5.41, 5.74) is 6.71. The molecule has 0 spiro atoms. The molecule has 4 heterocycles. The first-order valence-corrected chi connectivity index (χ1v) is 10.5. The van der Waals surface area contributed by atoms with E-state index < -0.39 is 17.6 Å². The van der Waals surface area contributed by atoms with Gasteiger partial charge in [-0.2, -0.15) is 0 Å². The van der Waals surface area contributed by atoms with Crippen LogP contribution in [0.15, 0.2) is 35.6 Å². The summed E-state index contributed by atoms with van der Waals surface area (Å²) >= 11 is 1.75. The fourth-order valence-corrected chi connectivity index (χ4v) is 5.65. The second kappa shape index (κ2) is 6.27. The Morgan fingerprint density at radius 3 is 3.04 bits per heavy atom. The van der Waals surface area contributed by atoms with E-state index in [1.54, 1.807) is 16.7 Å². The van der Waals surface area contributed by atoms with Gasteiger partial charge >= 0.3 is 0 Å². The topological polar surface area (TPSA) is 90.5 Å². The summed E-state index contributed by atoms with van der Waals surface area (Å²) < 4.78 is 8.42. The average Bonchev–Trinajstić information content (AvgIpc) is 3.22. The Morgan fingerprint density at radius 1 is 1.43 bits per heavy atom. The van der Waals surface area contributed by atoms with E-state index in [4.69, 9.17) is 10.5 Å². The van der Waals surface area contributed by atoms with E-state index in [0.717, 1.165) is 34.5 Å². The SMILES string of the molecule is CC12CC(c3ccccc3O1)C(C(N)=O)C(=O)N2CCc1cn2c(n1)SCC2. The summed E-state index contributed by atoms with van der Waals surface area (Å²) in [4.78, 5) is 31.8. The lowest BCUT2D eigenvalue weighted by Gasteiger charge is -2.52. The van der Waals surface area contributed by atoms with Gasteiger partial charge in [0.1, 0.15) is 11.7 Å². The lowest BCUT2D eigenvalue weighted by atomic mass is 9.73. The first-order chi connectivity index (χ1) is 13.5. The number of ether oxygens (including phenoxy) is 1. The Balaban J connectivity index is 1.45. The standard InChI is InChI=1S/C20H22N4O3S/c1-20-10-14(13-4-2-3-5-15(13)27-20)16(17(21)25)18(26)24(20)7-6-12-11-23-8-9-28-19(23)22-12/h2-5,11,14,16H,6-10H2,1H3,(H2,21,25). The van der Waals surface area contributed by atoms with Crippen molar-refractivity contribution in [2.75, 3.05) is 12.3 Å². The van der Waals surface area contributed by atoms with Gasteiger partial charge in [0.25, 0.3) is 0 Å². The van der Waals surface area contributed by atoms with Crippen LogP contribution >= 0.6 is 11.8 Å². The van der Waals surface area contributed by atoms with Crippen molar-refractivity contribution in [3.8, 4) is 5.75 Å². The smallest absolute Gasteiger partial charge is 0.238 e. The number of nitrogens with zero attached hydrogens (tertiary/aromatic N) is 3. The van der Waals surface area contributed by atoms with Crippen LogP contribution in [-0.2, 0) is 22.6 Å². The number of fused-ring (bicyclic) bond motifs is 5. The predicted octanol–water partition coefficient (Wildman–Crippen LogP) is 1.76. The van der Waals surface area contributed by atoms with E-state index in [1.165, 1.54) is 0 Å². The molecule has 1 aromatic heterocycles. The zero-order chi connectivity index (χ0) is 19.5. The van der Waals surface area contributed by atoms with Gasteiger partial charge in [-0.1, -0.05) is 30.0 Å². The highest BCUT2D eigenvalue weighted by Gasteiger charge is 2.55. The van der Waals surface area contributed by atoms with Crippen molar-refractivity contribution < 1.29 is 14.3 Å². The molecule has 3 aliphatic rings. The molecule has 2 N–H and O–H groups in total. The van der Waals surface area contributed by atoms with Crippen LogP contribution in [-0.4, -0.2) is 44.3 Å². The van der Waals surface area contributed by atoms with Gasteiger partial charge in [0.2, 0.25) is 11.8 Å². The molecular weight excluding hydrogens is 376 g/mol. The van der Waals surface area contributed by atoms with Crippen molar-refractivity contribution in [1.29, 1.82) is 0 Å². The molecule has 2 bridgehead atoms. The maximum absolute atomic E-state index is 13.3. The summed E-state index contributed by atoms with van der Waals surface area (Å²) in [7, 11) is 0. The summed E-state index contributed by atoms with van der Waals surface area (Å²) in [6.07, 6.45) is 3.22. The fourth-order valence-electron chi connectivity index (χ4n) is 4.69. The summed E-state index contributed by atoms with van der Waals surface area (Å²) in [5.74, 6) is -0.148. The minimum absolute atomic E-state index is 0.246. The number of nitrogens with two attached hydrogens (primary N) is 1. The number of thioether (sulfide) groups is 1. The van der Waals surface area contributed by atoms with E-state index in [-0.39, 0.29) is 11.8 Å². The monoisotopic (exact) mass is 398 g/mol. The number of rotatable bonds is 4.